The Morgan fingerprint density at radius 1 is 1.07 bits per heavy atom. The molecule has 27 heavy (non-hydrogen) atoms. The number of carbonyl (C=O) groups is 3. The molecule has 2 fully saturated rings. The quantitative estimate of drug-likeness (QED) is 0.611. The second kappa shape index (κ2) is 7.26. The third-order valence-corrected chi connectivity index (χ3v) is 7.45. The van der Waals surface area contributed by atoms with Gasteiger partial charge in [0.1, 0.15) is 10.6 Å². The highest BCUT2D eigenvalue weighted by Crippen LogP contribution is 2.45. The highest BCUT2D eigenvalue weighted by atomic mass is 32.1. The first-order valence-electron chi connectivity index (χ1n) is 9.97. The molecule has 2 amide bonds. The smallest absolute Gasteiger partial charge is 0.307 e. The van der Waals surface area contributed by atoms with Gasteiger partial charge in [-0.2, -0.15) is 0 Å². The summed E-state index contributed by atoms with van der Waals surface area (Å²) in [5, 5.41) is 3.50. The van der Waals surface area contributed by atoms with Gasteiger partial charge in [-0.3, -0.25) is 14.4 Å². The van der Waals surface area contributed by atoms with Crippen molar-refractivity contribution in [1.29, 1.82) is 0 Å². The Kier molecular flexibility index (Phi) is 4.97. The first-order chi connectivity index (χ1) is 13.0. The Morgan fingerprint density at radius 3 is 2.52 bits per heavy atom. The molecule has 146 valence electrons. The molecule has 1 atom stereocenters. The lowest BCUT2D eigenvalue weighted by atomic mass is 9.75. The van der Waals surface area contributed by atoms with Gasteiger partial charge < -0.3 is 15.8 Å². The lowest BCUT2D eigenvalue weighted by molar-refractivity contribution is -0.153. The summed E-state index contributed by atoms with van der Waals surface area (Å²) in [6, 6.07) is 0. The first kappa shape index (κ1) is 18.5. The molecule has 2 aliphatic carbocycles. The van der Waals surface area contributed by atoms with Crippen LogP contribution in [0, 0.1) is 5.92 Å². The average molecular weight is 391 g/mol. The Hall–Kier alpha value is -1.89. The van der Waals surface area contributed by atoms with E-state index in [1.807, 2.05) is 0 Å². The molecule has 0 aromatic carbocycles. The van der Waals surface area contributed by atoms with Crippen LogP contribution in [-0.2, 0) is 27.2 Å². The minimum Gasteiger partial charge on any atom is -0.458 e. The number of hydrogen-bond acceptors (Lipinski definition) is 5. The molecule has 1 saturated carbocycles. The largest absolute Gasteiger partial charge is 0.458 e. The Balaban J connectivity index is 1.61. The number of rotatable bonds is 3. The zero-order valence-corrected chi connectivity index (χ0v) is 16.3. The molecule has 7 heteroatoms. The fourth-order valence-electron chi connectivity index (χ4n) is 4.91. The first-order valence-corrected chi connectivity index (χ1v) is 10.8. The van der Waals surface area contributed by atoms with Gasteiger partial charge in [-0.1, -0.05) is 12.8 Å². The number of primary amides is 1. The molecule has 3 N–H and O–H groups in total. The SMILES string of the molecule is NC(=O)c1c(NC(=O)[C@@H]2CC(=O)OC23CCCCC3)sc2c1CCCCC2. The van der Waals surface area contributed by atoms with E-state index in [-0.39, 0.29) is 18.3 Å². The second-order valence-electron chi connectivity index (χ2n) is 7.98. The van der Waals surface area contributed by atoms with Crippen molar-refractivity contribution in [2.45, 2.75) is 76.2 Å². The molecule has 1 spiro atoms. The molecule has 4 rings (SSSR count). The van der Waals surface area contributed by atoms with E-state index in [0.29, 0.717) is 10.6 Å². The summed E-state index contributed by atoms with van der Waals surface area (Å²) in [6.45, 7) is 0. The van der Waals surface area contributed by atoms with Gasteiger partial charge in [0.25, 0.3) is 5.91 Å². The number of hydrogen-bond donors (Lipinski definition) is 2. The minimum absolute atomic E-state index is 0.114. The summed E-state index contributed by atoms with van der Waals surface area (Å²) in [5.41, 5.74) is 6.47. The Bertz CT molecular complexity index is 779. The number of nitrogens with two attached hydrogens (primary N) is 1. The van der Waals surface area contributed by atoms with Crippen molar-refractivity contribution in [3.05, 3.63) is 16.0 Å². The molecule has 1 saturated heterocycles. The number of nitrogens with one attached hydrogen (secondary N) is 1. The maximum Gasteiger partial charge on any atom is 0.307 e. The molecule has 0 radical (unpaired) electrons. The zero-order valence-electron chi connectivity index (χ0n) is 15.5. The lowest BCUT2D eigenvalue weighted by Crippen LogP contribution is -2.43. The number of fused-ring (bicyclic) bond motifs is 1. The second-order valence-corrected chi connectivity index (χ2v) is 9.08. The van der Waals surface area contributed by atoms with E-state index in [9.17, 15) is 14.4 Å². The molecule has 6 nitrogen and oxygen atoms in total. The fourth-order valence-corrected chi connectivity index (χ4v) is 6.21. The fraction of sp³-hybridized carbons (Fsp3) is 0.650. The molecular weight excluding hydrogens is 364 g/mol. The van der Waals surface area contributed by atoms with Crippen LogP contribution >= 0.6 is 11.3 Å². The van der Waals surface area contributed by atoms with Crippen LogP contribution < -0.4 is 11.1 Å². The number of anilines is 1. The molecular formula is C20H26N2O4S. The predicted octanol–water partition coefficient (Wildman–Crippen LogP) is 3.32. The van der Waals surface area contributed by atoms with Gasteiger partial charge in [0, 0.05) is 4.88 Å². The van der Waals surface area contributed by atoms with E-state index in [1.165, 1.54) is 11.3 Å². The molecule has 0 unspecified atom stereocenters. The summed E-state index contributed by atoms with van der Waals surface area (Å²) in [6.07, 6.45) is 9.65. The monoisotopic (exact) mass is 390 g/mol. The highest BCUT2D eigenvalue weighted by Gasteiger charge is 2.53. The van der Waals surface area contributed by atoms with Gasteiger partial charge in [0.05, 0.1) is 17.9 Å². The maximum atomic E-state index is 13.1. The normalized spacial score (nSPS) is 24.1. The van der Waals surface area contributed by atoms with Gasteiger partial charge in [0.15, 0.2) is 0 Å². The van der Waals surface area contributed by atoms with Crippen LogP contribution in [0.4, 0.5) is 5.00 Å². The highest BCUT2D eigenvalue weighted by molar-refractivity contribution is 7.17. The number of esters is 1. The summed E-state index contributed by atoms with van der Waals surface area (Å²) in [5.74, 6) is -1.50. The van der Waals surface area contributed by atoms with Gasteiger partial charge >= 0.3 is 5.97 Å². The Morgan fingerprint density at radius 2 is 1.78 bits per heavy atom. The van der Waals surface area contributed by atoms with Crippen molar-refractivity contribution >= 4 is 34.1 Å². The average Bonchev–Trinajstić information content (AvgIpc) is 3.03. The van der Waals surface area contributed by atoms with Gasteiger partial charge in [0.2, 0.25) is 5.91 Å². The van der Waals surface area contributed by atoms with E-state index in [1.54, 1.807) is 0 Å². The van der Waals surface area contributed by atoms with Gasteiger partial charge in [-0.05, 0) is 56.9 Å². The third kappa shape index (κ3) is 3.37. The number of carbonyl (C=O) groups excluding carboxylic acids is 3. The maximum absolute atomic E-state index is 13.1. The molecule has 2 heterocycles. The van der Waals surface area contributed by atoms with Gasteiger partial charge in [-0.15, -0.1) is 11.3 Å². The zero-order chi connectivity index (χ0) is 19.0. The number of ether oxygens (including phenoxy) is 1. The van der Waals surface area contributed by atoms with Crippen LogP contribution in [0.5, 0.6) is 0 Å². The van der Waals surface area contributed by atoms with Crippen LogP contribution in [-0.4, -0.2) is 23.4 Å². The molecule has 0 bridgehead atoms. The summed E-state index contributed by atoms with van der Waals surface area (Å²) < 4.78 is 5.65. The van der Waals surface area contributed by atoms with E-state index < -0.39 is 17.4 Å². The van der Waals surface area contributed by atoms with Crippen LogP contribution in [0.1, 0.15) is 78.6 Å². The van der Waals surface area contributed by atoms with Crippen LogP contribution in [0.3, 0.4) is 0 Å². The van der Waals surface area contributed by atoms with Crippen molar-refractivity contribution in [2.75, 3.05) is 5.32 Å². The lowest BCUT2D eigenvalue weighted by Gasteiger charge is -2.35. The topological polar surface area (TPSA) is 98.5 Å². The van der Waals surface area contributed by atoms with E-state index in [2.05, 4.69) is 5.32 Å². The third-order valence-electron chi connectivity index (χ3n) is 6.24. The predicted molar refractivity (Wildman–Crippen MR) is 103 cm³/mol. The van der Waals surface area contributed by atoms with Crippen molar-refractivity contribution in [3.8, 4) is 0 Å². The van der Waals surface area contributed by atoms with Crippen molar-refractivity contribution in [3.63, 3.8) is 0 Å². The molecule has 1 aromatic heterocycles. The van der Waals surface area contributed by atoms with Crippen molar-refractivity contribution in [1.82, 2.24) is 0 Å². The van der Waals surface area contributed by atoms with E-state index >= 15 is 0 Å². The molecule has 1 aliphatic heterocycles. The van der Waals surface area contributed by atoms with Crippen molar-refractivity contribution < 1.29 is 19.1 Å². The van der Waals surface area contributed by atoms with Crippen LogP contribution in [0.25, 0.3) is 0 Å². The number of amides is 2. The van der Waals surface area contributed by atoms with Crippen LogP contribution in [0.15, 0.2) is 0 Å². The van der Waals surface area contributed by atoms with Gasteiger partial charge in [-0.25, -0.2) is 0 Å². The number of aryl methyl sites for hydroxylation is 1. The van der Waals surface area contributed by atoms with E-state index in [4.69, 9.17) is 10.5 Å². The molecule has 3 aliphatic rings. The Labute approximate surface area is 162 Å². The number of thiophene rings is 1. The summed E-state index contributed by atoms with van der Waals surface area (Å²) >= 11 is 1.47. The summed E-state index contributed by atoms with van der Waals surface area (Å²) in [7, 11) is 0. The standard InChI is InChI=1S/C20H26N2O4S/c21-17(24)16-12-7-3-1-4-8-14(12)27-19(16)22-18(25)13-11-15(23)26-20(13)9-5-2-6-10-20/h13H,1-11H2,(H2,21,24)(H,22,25)/t13-/m0/s1. The van der Waals surface area contributed by atoms with Crippen molar-refractivity contribution in [2.24, 2.45) is 11.7 Å². The van der Waals surface area contributed by atoms with Crippen LogP contribution in [0.2, 0.25) is 0 Å². The summed E-state index contributed by atoms with van der Waals surface area (Å²) in [4.78, 5) is 38.4. The molecule has 1 aromatic rings. The van der Waals surface area contributed by atoms with E-state index in [0.717, 1.165) is 74.6 Å². The minimum atomic E-state index is -0.666.